The Hall–Kier alpha value is -1.38. The summed E-state index contributed by atoms with van der Waals surface area (Å²) in [6.45, 7) is 8.00. The Balaban J connectivity index is 0. The first-order valence-electron chi connectivity index (χ1n) is 4.84. The lowest BCUT2D eigenvalue weighted by Crippen LogP contribution is -2.02. The largest absolute Gasteiger partial charge is 0.464 e. The Labute approximate surface area is 86.1 Å². The van der Waals surface area contributed by atoms with Gasteiger partial charge in [0.25, 0.3) is 0 Å². The van der Waals surface area contributed by atoms with Crippen LogP contribution in [0.15, 0.2) is 24.4 Å². The monoisotopic (exact) mass is 197 g/mol. The van der Waals surface area contributed by atoms with Crippen molar-refractivity contribution in [2.45, 2.75) is 27.7 Å². The van der Waals surface area contributed by atoms with Crippen LogP contribution in [0.1, 0.15) is 38.2 Å². The van der Waals surface area contributed by atoms with E-state index in [1.54, 1.807) is 24.4 Å². The van der Waals surface area contributed by atoms with E-state index >= 15 is 0 Å². The van der Waals surface area contributed by atoms with Crippen LogP contribution in [0, 0.1) is 0 Å². The molecule has 3 nitrogen and oxygen atoms in total. The third-order valence-corrected chi connectivity index (χ3v) is 1.06. The summed E-state index contributed by atoms with van der Waals surface area (Å²) in [5, 5.41) is 0. The minimum Gasteiger partial charge on any atom is -0.464 e. The van der Waals surface area contributed by atoms with Gasteiger partial charge >= 0.3 is 5.97 Å². The molecule has 0 bridgehead atoms. The Morgan fingerprint density at radius 3 is 2.14 bits per heavy atom. The highest BCUT2D eigenvalue weighted by molar-refractivity contribution is 5.86. The normalized spacial score (nSPS) is 7.21. The van der Waals surface area contributed by atoms with E-state index in [0.29, 0.717) is 5.69 Å². The van der Waals surface area contributed by atoms with Crippen molar-refractivity contribution in [3.63, 3.8) is 0 Å². The molecular weight excluding hydrogens is 178 g/mol. The molecule has 0 aromatic carbocycles. The summed E-state index contributed by atoms with van der Waals surface area (Å²) in [6.07, 6.45) is 1.55. The van der Waals surface area contributed by atoms with Gasteiger partial charge in [-0.3, -0.25) is 0 Å². The first-order chi connectivity index (χ1) is 6.84. The van der Waals surface area contributed by atoms with Crippen LogP contribution in [0.5, 0.6) is 0 Å². The van der Waals surface area contributed by atoms with Crippen molar-refractivity contribution in [1.82, 2.24) is 4.98 Å². The van der Waals surface area contributed by atoms with Crippen LogP contribution in [0.3, 0.4) is 0 Å². The molecule has 1 rings (SSSR count). The van der Waals surface area contributed by atoms with Crippen LogP contribution in [0.2, 0.25) is 0 Å². The number of hydrogen-bond acceptors (Lipinski definition) is 3. The molecule has 0 amide bonds. The minimum atomic E-state index is -0.402. The van der Waals surface area contributed by atoms with Crippen molar-refractivity contribution in [3.05, 3.63) is 30.1 Å². The Morgan fingerprint density at radius 2 is 1.79 bits per heavy atom. The number of aromatic nitrogens is 1. The van der Waals surface area contributed by atoms with Crippen LogP contribution in [-0.4, -0.2) is 18.1 Å². The van der Waals surface area contributed by atoms with E-state index < -0.39 is 5.97 Å². The van der Waals surface area contributed by atoms with Gasteiger partial charge in [-0.1, -0.05) is 33.8 Å². The van der Waals surface area contributed by atoms with Crippen LogP contribution in [-0.2, 0) is 4.74 Å². The molecule has 0 fully saturated rings. The third-order valence-electron chi connectivity index (χ3n) is 1.06. The number of nitrogens with zero attached hydrogens (tertiary/aromatic N) is 1. The van der Waals surface area contributed by atoms with E-state index in [4.69, 9.17) is 0 Å². The molecule has 14 heavy (non-hydrogen) atoms. The molecule has 0 saturated carbocycles. The van der Waals surface area contributed by atoms with Crippen LogP contribution in [0.25, 0.3) is 0 Å². The number of pyridine rings is 1. The van der Waals surface area contributed by atoms with Gasteiger partial charge in [0.1, 0.15) is 5.69 Å². The van der Waals surface area contributed by atoms with E-state index in [1.807, 2.05) is 27.7 Å². The maximum atomic E-state index is 10.7. The molecule has 0 N–H and O–H groups in total. The summed E-state index contributed by atoms with van der Waals surface area (Å²) in [5.41, 5.74) is 0.338. The summed E-state index contributed by atoms with van der Waals surface area (Å²) in [4.78, 5) is 14.5. The summed E-state index contributed by atoms with van der Waals surface area (Å²) >= 11 is 0. The highest BCUT2D eigenvalue weighted by atomic mass is 16.5. The van der Waals surface area contributed by atoms with Crippen molar-refractivity contribution in [2.75, 3.05) is 7.11 Å². The van der Waals surface area contributed by atoms with Gasteiger partial charge in [0.15, 0.2) is 0 Å². The second-order valence-corrected chi connectivity index (χ2v) is 1.71. The zero-order chi connectivity index (χ0) is 11.4. The predicted octanol–water partition coefficient (Wildman–Crippen LogP) is 2.92. The third kappa shape index (κ3) is 6.17. The second kappa shape index (κ2) is 11.6. The maximum absolute atomic E-state index is 10.7. The molecule has 0 aliphatic rings. The molecule has 1 aromatic heterocycles. The highest BCUT2D eigenvalue weighted by Crippen LogP contribution is 1.93. The molecule has 1 aromatic rings. The average Bonchev–Trinajstić information content (AvgIpc) is 2.34. The van der Waals surface area contributed by atoms with E-state index in [0.717, 1.165) is 0 Å². The van der Waals surface area contributed by atoms with Crippen LogP contribution in [0.4, 0.5) is 0 Å². The van der Waals surface area contributed by atoms with Crippen LogP contribution >= 0.6 is 0 Å². The number of esters is 1. The Bertz CT molecular complexity index is 222. The first-order valence-corrected chi connectivity index (χ1v) is 4.84. The molecule has 3 heteroatoms. The molecule has 80 valence electrons. The van der Waals surface area contributed by atoms with Gasteiger partial charge in [-0.2, -0.15) is 0 Å². The Morgan fingerprint density at radius 1 is 1.21 bits per heavy atom. The molecule has 0 atom stereocenters. The minimum absolute atomic E-state index is 0.338. The van der Waals surface area contributed by atoms with Gasteiger partial charge in [-0.05, 0) is 12.1 Å². The number of ether oxygens (including phenoxy) is 1. The molecule has 0 spiro atoms. The number of methoxy groups -OCH3 is 1. The zero-order valence-corrected chi connectivity index (χ0v) is 9.57. The van der Waals surface area contributed by atoms with Gasteiger partial charge in [-0.15, -0.1) is 0 Å². The second-order valence-electron chi connectivity index (χ2n) is 1.71. The number of rotatable bonds is 1. The summed E-state index contributed by atoms with van der Waals surface area (Å²) < 4.78 is 4.43. The number of carbonyl (C=O) groups is 1. The fourth-order valence-corrected chi connectivity index (χ4v) is 0.588. The molecule has 0 unspecified atom stereocenters. The van der Waals surface area contributed by atoms with E-state index in [1.165, 1.54) is 7.11 Å². The van der Waals surface area contributed by atoms with Gasteiger partial charge in [0.05, 0.1) is 7.11 Å². The lowest BCUT2D eigenvalue weighted by Gasteiger charge is -1.94. The predicted molar refractivity (Wildman–Crippen MR) is 58.3 cm³/mol. The fraction of sp³-hybridized carbons (Fsp3) is 0.455. The van der Waals surface area contributed by atoms with E-state index in [2.05, 4.69) is 9.72 Å². The maximum Gasteiger partial charge on any atom is 0.356 e. The lowest BCUT2D eigenvalue weighted by atomic mass is 10.4. The summed E-state index contributed by atoms with van der Waals surface area (Å²) in [7, 11) is 1.33. The van der Waals surface area contributed by atoms with Crippen molar-refractivity contribution in [1.29, 1.82) is 0 Å². The molecule has 0 saturated heterocycles. The van der Waals surface area contributed by atoms with Crippen molar-refractivity contribution >= 4 is 5.97 Å². The zero-order valence-electron chi connectivity index (χ0n) is 9.57. The molecule has 0 radical (unpaired) electrons. The van der Waals surface area contributed by atoms with Crippen LogP contribution < -0.4 is 0 Å². The van der Waals surface area contributed by atoms with Gasteiger partial charge in [-0.25, -0.2) is 9.78 Å². The highest BCUT2D eigenvalue weighted by Gasteiger charge is 2.02. The van der Waals surface area contributed by atoms with Gasteiger partial charge in [0.2, 0.25) is 0 Å². The van der Waals surface area contributed by atoms with Crippen molar-refractivity contribution in [2.24, 2.45) is 0 Å². The molecule has 0 aliphatic carbocycles. The van der Waals surface area contributed by atoms with E-state index in [9.17, 15) is 4.79 Å². The van der Waals surface area contributed by atoms with Gasteiger partial charge < -0.3 is 4.74 Å². The van der Waals surface area contributed by atoms with Gasteiger partial charge in [0, 0.05) is 6.20 Å². The number of hydrogen-bond donors (Lipinski definition) is 0. The topological polar surface area (TPSA) is 39.2 Å². The Kier molecular flexibility index (Phi) is 12.5. The average molecular weight is 197 g/mol. The van der Waals surface area contributed by atoms with E-state index in [-0.39, 0.29) is 0 Å². The first kappa shape index (κ1) is 15.1. The number of carbonyl (C=O) groups excluding carboxylic acids is 1. The smallest absolute Gasteiger partial charge is 0.356 e. The molecule has 1 heterocycles. The summed E-state index contributed by atoms with van der Waals surface area (Å²) in [6, 6.07) is 5.08. The lowest BCUT2D eigenvalue weighted by molar-refractivity contribution is 0.0594. The SMILES string of the molecule is CC.CC.COC(=O)c1ccccn1. The molecular formula is C11H19NO2. The standard InChI is InChI=1S/C7H7NO2.2C2H6/c1-10-7(9)6-4-2-3-5-8-6;2*1-2/h2-5H,1H3;2*1-2H3. The fourth-order valence-electron chi connectivity index (χ4n) is 0.588. The van der Waals surface area contributed by atoms with Crippen molar-refractivity contribution < 1.29 is 9.53 Å². The van der Waals surface area contributed by atoms with Crippen molar-refractivity contribution in [3.8, 4) is 0 Å². The quantitative estimate of drug-likeness (QED) is 0.650. The molecule has 0 aliphatic heterocycles. The summed E-state index contributed by atoms with van der Waals surface area (Å²) in [5.74, 6) is -0.402.